The summed E-state index contributed by atoms with van der Waals surface area (Å²) in [5, 5.41) is 5.44. The molecule has 2 rings (SSSR count). The first kappa shape index (κ1) is 18.0. The van der Waals surface area contributed by atoms with Crippen molar-refractivity contribution in [3.05, 3.63) is 42.5 Å². The maximum Gasteiger partial charge on any atom is 0.321 e. The Hall–Kier alpha value is -2.35. The van der Waals surface area contributed by atoms with Gasteiger partial charge in [0.15, 0.2) is 5.16 Å². The molecule has 0 bridgehead atoms. The molecule has 2 aromatic rings. The van der Waals surface area contributed by atoms with E-state index in [4.69, 9.17) is 0 Å². The largest absolute Gasteiger partial charge is 0.333 e. The lowest BCUT2D eigenvalue weighted by molar-refractivity contribution is -0.117. The minimum Gasteiger partial charge on any atom is -0.333 e. The maximum absolute atomic E-state index is 13.3. The molecule has 0 spiro atoms. The second-order valence-corrected chi connectivity index (χ2v) is 7.04. The van der Waals surface area contributed by atoms with Gasteiger partial charge in [0.25, 0.3) is 0 Å². The van der Waals surface area contributed by atoms with Crippen molar-refractivity contribution in [3.8, 4) is 5.69 Å². The third-order valence-corrected chi connectivity index (χ3v) is 3.73. The lowest BCUT2D eigenvalue weighted by atomic mass is 10.1. The van der Waals surface area contributed by atoms with Gasteiger partial charge in [-0.2, -0.15) is 0 Å². The van der Waals surface area contributed by atoms with Gasteiger partial charge in [0.1, 0.15) is 5.82 Å². The van der Waals surface area contributed by atoms with Crippen LogP contribution in [0.15, 0.2) is 41.8 Å². The Morgan fingerprint density at radius 2 is 2.08 bits per heavy atom. The van der Waals surface area contributed by atoms with E-state index in [9.17, 15) is 14.0 Å². The number of urea groups is 1. The average molecular weight is 350 g/mol. The highest BCUT2D eigenvalue weighted by atomic mass is 32.2. The number of amides is 3. The third-order valence-electron chi connectivity index (χ3n) is 2.77. The molecule has 1 aromatic heterocycles. The molecule has 0 fully saturated rings. The molecule has 0 radical (unpaired) electrons. The van der Waals surface area contributed by atoms with Crippen LogP contribution in [0.1, 0.15) is 20.8 Å². The van der Waals surface area contributed by atoms with Gasteiger partial charge in [-0.3, -0.25) is 14.7 Å². The number of imide groups is 1. The summed E-state index contributed by atoms with van der Waals surface area (Å²) in [5.74, 6) is -0.770. The van der Waals surface area contributed by atoms with Gasteiger partial charge < -0.3 is 5.32 Å². The van der Waals surface area contributed by atoms with E-state index >= 15 is 0 Å². The fourth-order valence-electron chi connectivity index (χ4n) is 1.88. The second kappa shape index (κ2) is 7.48. The average Bonchev–Trinajstić information content (AvgIpc) is 2.91. The third kappa shape index (κ3) is 5.38. The molecule has 0 aliphatic heterocycles. The van der Waals surface area contributed by atoms with Crippen LogP contribution in [0.5, 0.6) is 0 Å². The quantitative estimate of drug-likeness (QED) is 0.832. The molecule has 24 heavy (non-hydrogen) atoms. The van der Waals surface area contributed by atoms with Crippen LogP contribution in [0, 0.1) is 5.82 Å². The molecular formula is C16H19FN4O2S. The van der Waals surface area contributed by atoms with E-state index in [1.54, 1.807) is 29.1 Å². The van der Waals surface area contributed by atoms with Gasteiger partial charge in [-0.05, 0) is 39.0 Å². The number of halogens is 1. The second-order valence-electron chi connectivity index (χ2n) is 6.10. The smallest absolute Gasteiger partial charge is 0.321 e. The van der Waals surface area contributed by atoms with Crippen molar-refractivity contribution >= 4 is 23.7 Å². The Morgan fingerprint density at radius 1 is 1.33 bits per heavy atom. The van der Waals surface area contributed by atoms with Crippen LogP contribution in [-0.2, 0) is 4.79 Å². The molecule has 0 atom stereocenters. The van der Waals surface area contributed by atoms with Crippen molar-refractivity contribution in [2.75, 3.05) is 5.75 Å². The molecular weight excluding hydrogens is 331 g/mol. The standard InChI is InChI=1S/C16H19FN4O2S/c1-16(2,3)20-14(23)19-13(22)10-24-15-18-7-8-21(15)12-6-4-5-11(17)9-12/h4-9H,10H2,1-3H3,(H2,19,20,22,23). The molecule has 2 N–H and O–H groups in total. The summed E-state index contributed by atoms with van der Waals surface area (Å²) < 4.78 is 15.0. The van der Waals surface area contributed by atoms with Gasteiger partial charge >= 0.3 is 6.03 Å². The first-order chi connectivity index (χ1) is 11.2. The number of carbonyl (C=O) groups is 2. The van der Waals surface area contributed by atoms with Crippen molar-refractivity contribution in [2.24, 2.45) is 0 Å². The maximum atomic E-state index is 13.3. The Balaban J connectivity index is 1.95. The van der Waals surface area contributed by atoms with Crippen molar-refractivity contribution in [2.45, 2.75) is 31.5 Å². The molecule has 8 heteroatoms. The molecule has 128 valence electrons. The topological polar surface area (TPSA) is 76.0 Å². The van der Waals surface area contributed by atoms with Gasteiger partial charge in [0.2, 0.25) is 5.91 Å². The van der Waals surface area contributed by atoms with Crippen LogP contribution in [0.3, 0.4) is 0 Å². The normalized spacial score (nSPS) is 11.2. The number of thioether (sulfide) groups is 1. The monoisotopic (exact) mass is 350 g/mol. The van der Waals surface area contributed by atoms with Crippen molar-refractivity contribution in [1.29, 1.82) is 0 Å². The highest BCUT2D eigenvalue weighted by molar-refractivity contribution is 7.99. The number of hydrogen-bond acceptors (Lipinski definition) is 4. The van der Waals surface area contributed by atoms with Crippen LogP contribution in [0.25, 0.3) is 5.69 Å². The number of rotatable bonds is 4. The van der Waals surface area contributed by atoms with Gasteiger partial charge in [0, 0.05) is 17.9 Å². The molecule has 0 saturated carbocycles. The number of hydrogen-bond donors (Lipinski definition) is 2. The number of nitrogens with one attached hydrogen (secondary N) is 2. The Labute approximate surface area is 143 Å². The summed E-state index contributed by atoms with van der Waals surface area (Å²) in [5.41, 5.74) is 0.186. The van der Waals surface area contributed by atoms with E-state index in [0.717, 1.165) is 11.8 Å². The number of benzene rings is 1. The summed E-state index contributed by atoms with van der Waals surface area (Å²) in [6.07, 6.45) is 3.25. The number of imidazole rings is 1. The highest BCUT2D eigenvalue weighted by Gasteiger charge is 2.16. The van der Waals surface area contributed by atoms with E-state index in [-0.39, 0.29) is 11.6 Å². The van der Waals surface area contributed by atoms with Crippen LogP contribution >= 0.6 is 11.8 Å². The van der Waals surface area contributed by atoms with E-state index in [0.29, 0.717) is 10.8 Å². The fourth-order valence-corrected chi connectivity index (χ4v) is 2.66. The fraction of sp³-hybridized carbons (Fsp3) is 0.312. The summed E-state index contributed by atoms with van der Waals surface area (Å²) in [6, 6.07) is 5.53. The van der Waals surface area contributed by atoms with Crippen molar-refractivity contribution in [3.63, 3.8) is 0 Å². The SMILES string of the molecule is CC(C)(C)NC(=O)NC(=O)CSc1nccn1-c1cccc(F)c1. The van der Waals surface area contributed by atoms with E-state index in [1.165, 1.54) is 12.1 Å². The molecule has 0 saturated heterocycles. The predicted octanol–water partition coefficient (Wildman–Crippen LogP) is 2.73. The molecule has 6 nitrogen and oxygen atoms in total. The van der Waals surface area contributed by atoms with Crippen molar-refractivity contribution in [1.82, 2.24) is 20.2 Å². The van der Waals surface area contributed by atoms with Gasteiger partial charge in [-0.15, -0.1) is 0 Å². The molecule has 0 unspecified atom stereocenters. The molecule has 1 heterocycles. The summed E-state index contributed by atoms with van der Waals surface area (Å²) in [7, 11) is 0. The first-order valence-electron chi connectivity index (χ1n) is 7.29. The summed E-state index contributed by atoms with van der Waals surface area (Å²) in [6.45, 7) is 5.46. The minimum atomic E-state index is -0.540. The molecule has 0 aliphatic rings. The Bertz CT molecular complexity index is 740. The number of nitrogens with zero attached hydrogens (tertiary/aromatic N) is 2. The van der Waals surface area contributed by atoms with E-state index in [1.807, 2.05) is 20.8 Å². The van der Waals surface area contributed by atoms with Crippen molar-refractivity contribution < 1.29 is 14.0 Å². The lowest BCUT2D eigenvalue weighted by Gasteiger charge is -2.20. The number of aromatic nitrogens is 2. The zero-order chi connectivity index (χ0) is 17.7. The molecule has 0 aliphatic carbocycles. The van der Waals surface area contributed by atoms with Gasteiger partial charge in [-0.1, -0.05) is 17.8 Å². The van der Waals surface area contributed by atoms with Gasteiger partial charge in [-0.25, -0.2) is 14.2 Å². The summed E-state index contributed by atoms with van der Waals surface area (Å²) >= 11 is 1.16. The zero-order valence-corrected chi connectivity index (χ0v) is 14.5. The molecule has 3 amide bonds. The highest BCUT2D eigenvalue weighted by Crippen LogP contribution is 2.20. The van der Waals surface area contributed by atoms with Crippen LogP contribution in [-0.4, -0.2) is 32.8 Å². The van der Waals surface area contributed by atoms with E-state index in [2.05, 4.69) is 15.6 Å². The Morgan fingerprint density at radius 3 is 2.75 bits per heavy atom. The lowest BCUT2D eigenvalue weighted by Crippen LogP contribution is -2.48. The van der Waals surface area contributed by atoms with Crippen LogP contribution in [0.2, 0.25) is 0 Å². The predicted molar refractivity (Wildman–Crippen MR) is 90.7 cm³/mol. The van der Waals surface area contributed by atoms with Crippen LogP contribution in [0.4, 0.5) is 9.18 Å². The molecule has 1 aromatic carbocycles. The van der Waals surface area contributed by atoms with Crippen LogP contribution < -0.4 is 10.6 Å². The first-order valence-corrected chi connectivity index (χ1v) is 8.27. The number of carbonyl (C=O) groups excluding carboxylic acids is 2. The van der Waals surface area contributed by atoms with E-state index < -0.39 is 17.5 Å². The minimum absolute atomic E-state index is 0.0177. The Kier molecular flexibility index (Phi) is 5.61. The summed E-state index contributed by atoms with van der Waals surface area (Å²) in [4.78, 5) is 27.6. The zero-order valence-electron chi connectivity index (χ0n) is 13.7. The van der Waals surface area contributed by atoms with Gasteiger partial charge in [0.05, 0.1) is 11.4 Å².